The van der Waals surface area contributed by atoms with Gasteiger partial charge < -0.3 is 14.2 Å². The van der Waals surface area contributed by atoms with Gasteiger partial charge in [0.05, 0.1) is 26.2 Å². The molecule has 2 rings (SSSR count). The van der Waals surface area contributed by atoms with E-state index in [1.165, 1.54) is 31.5 Å². The maximum Gasteiger partial charge on any atom is 0.308 e. The Morgan fingerprint density at radius 2 is 2.41 bits per heavy atom. The second-order valence-electron chi connectivity index (χ2n) is 4.62. The molecule has 0 aromatic heterocycles. The molecule has 4 nitrogen and oxygen atoms in total. The molecule has 0 bridgehead atoms. The summed E-state index contributed by atoms with van der Waals surface area (Å²) in [5.74, 6) is 2.97. The lowest BCUT2D eigenvalue weighted by Crippen LogP contribution is -2.21. The van der Waals surface area contributed by atoms with Crippen LogP contribution in [0.25, 0.3) is 0 Å². The molecule has 98 valence electrons. The number of methoxy groups -OCH3 is 1. The van der Waals surface area contributed by atoms with Crippen molar-refractivity contribution >= 4 is 17.7 Å². The molecule has 3 atom stereocenters. The van der Waals surface area contributed by atoms with E-state index in [0.29, 0.717) is 18.9 Å². The maximum atomic E-state index is 11.1. The highest BCUT2D eigenvalue weighted by molar-refractivity contribution is 7.99. The average Bonchev–Trinajstić information content (AvgIpc) is 2.77. The Morgan fingerprint density at radius 1 is 1.53 bits per heavy atom. The quantitative estimate of drug-likeness (QED) is 0.722. The van der Waals surface area contributed by atoms with Crippen LogP contribution in [-0.4, -0.2) is 43.6 Å². The lowest BCUT2D eigenvalue weighted by atomic mass is 10.0. The van der Waals surface area contributed by atoms with E-state index >= 15 is 0 Å². The van der Waals surface area contributed by atoms with E-state index in [-0.39, 0.29) is 18.4 Å². The third-order valence-electron chi connectivity index (χ3n) is 3.21. The second-order valence-corrected chi connectivity index (χ2v) is 5.77. The number of thioether (sulfide) groups is 1. The molecule has 2 heterocycles. The lowest BCUT2D eigenvalue weighted by molar-refractivity contribution is -0.144. The average molecular weight is 260 g/mol. The van der Waals surface area contributed by atoms with Gasteiger partial charge in [-0.25, -0.2) is 0 Å². The van der Waals surface area contributed by atoms with Crippen LogP contribution in [0.5, 0.6) is 0 Å². The van der Waals surface area contributed by atoms with Gasteiger partial charge in [-0.2, -0.15) is 11.8 Å². The van der Waals surface area contributed by atoms with Gasteiger partial charge in [0.2, 0.25) is 0 Å². The zero-order valence-electron chi connectivity index (χ0n) is 10.2. The van der Waals surface area contributed by atoms with E-state index in [1.807, 2.05) is 11.8 Å². The largest absolute Gasteiger partial charge is 0.469 e. The summed E-state index contributed by atoms with van der Waals surface area (Å²) in [6, 6.07) is 0. The lowest BCUT2D eigenvalue weighted by Gasteiger charge is -2.23. The SMILES string of the molecule is COC(=O)CC1COC(CC2CCCSC2)O1. The molecule has 0 aliphatic carbocycles. The van der Waals surface area contributed by atoms with E-state index in [4.69, 9.17) is 9.47 Å². The Balaban J connectivity index is 1.68. The minimum absolute atomic E-state index is 0.117. The van der Waals surface area contributed by atoms with Crippen molar-refractivity contribution in [3.05, 3.63) is 0 Å². The highest BCUT2D eigenvalue weighted by atomic mass is 32.2. The summed E-state index contributed by atoms with van der Waals surface area (Å²) >= 11 is 2.02. The van der Waals surface area contributed by atoms with E-state index in [2.05, 4.69) is 4.74 Å². The van der Waals surface area contributed by atoms with Crippen LogP contribution in [0.3, 0.4) is 0 Å². The maximum absolute atomic E-state index is 11.1. The van der Waals surface area contributed by atoms with Crippen LogP contribution >= 0.6 is 11.8 Å². The molecule has 2 saturated heterocycles. The molecule has 2 aliphatic heterocycles. The highest BCUT2D eigenvalue weighted by Gasteiger charge is 2.30. The molecule has 0 aromatic rings. The summed E-state index contributed by atoms with van der Waals surface area (Å²) in [4.78, 5) is 11.1. The summed E-state index contributed by atoms with van der Waals surface area (Å²) in [5.41, 5.74) is 0. The Bertz CT molecular complexity index is 253. The number of carbonyl (C=O) groups excluding carboxylic acids is 1. The van der Waals surface area contributed by atoms with Gasteiger partial charge in [-0.15, -0.1) is 0 Å². The Labute approximate surface area is 106 Å². The topological polar surface area (TPSA) is 44.8 Å². The van der Waals surface area contributed by atoms with Crippen LogP contribution < -0.4 is 0 Å². The van der Waals surface area contributed by atoms with Crippen molar-refractivity contribution in [2.45, 2.75) is 38.1 Å². The minimum atomic E-state index is -0.229. The first-order chi connectivity index (χ1) is 8.28. The van der Waals surface area contributed by atoms with E-state index < -0.39 is 0 Å². The molecule has 0 saturated carbocycles. The second kappa shape index (κ2) is 6.61. The molecule has 0 radical (unpaired) electrons. The predicted octanol–water partition coefficient (Wildman–Crippen LogP) is 1.82. The van der Waals surface area contributed by atoms with Crippen LogP contribution in [-0.2, 0) is 19.0 Å². The molecule has 0 N–H and O–H groups in total. The summed E-state index contributed by atoms with van der Waals surface area (Å²) < 4.78 is 15.9. The van der Waals surface area contributed by atoms with Gasteiger partial charge in [-0.1, -0.05) is 0 Å². The Morgan fingerprint density at radius 3 is 3.12 bits per heavy atom. The molecule has 3 unspecified atom stereocenters. The molecule has 0 aromatic carbocycles. The summed E-state index contributed by atoms with van der Waals surface area (Å²) in [7, 11) is 1.40. The van der Waals surface area contributed by atoms with Gasteiger partial charge in [0.25, 0.3) is 0 Å². The van der Waals surface area contributed by atoms with Gasteiger partial charge in [0, 0.05) is 6.42 Å². The third kappa shape index (κ3) is 4.16. The predicted molar refractivity (Wildman–Crippen MR) is 65.9 cm³/mol. The summed E-state index contributed by atoms with van der Waals surface area (Å²) in [5, 5.41) is 0. The molecular weight excluding hydrogens is 240 g/mol. The monoisotopic (exact) mass is 260 g/mol. The van der Waals surface area contributed by atoms with Gasteiger partial charge in [-0.3, -0.25) is 4.79 Å². The number of esters is 1. The highest BCUT2D eigenvalue weighted by Crippen LogP contribution is 2.29. The van der Waals surface area contributed by atoms with Crippen molar-refractivity contribution in [1.29, 1.82) is 0 Å². The number of carbonyl (C=O) groups is 1. The fourth-order valence-corrected chi connectivity index (χ4v) is 3.45. The van der Waals surface area contributed by atoms with Crippen molar-refractivity contribution in [2.24, 2.45) is 5.92 Å². The van der Waals surface area contributed by atoms with Crippen molar-refractivity contribution in [2.75, 3.05) is 25.2 Å². The Kier molecular flexibility index (Phi) is 5.13. The number of ether oxygens (including phenoxy) is 3. The third-order valence-corrected chi connectivity index (χ3v) is 4.50. The number of hydrogen-bond acceptors (Lipinski definition) is 5. The molecule has 17 heavy (non-hydrogen) atoms. The standard InChI is InChI=1S/C12H20O4S/c1-14-11(13)6-10-7-15-12(16-10)5-9-3-2-4-17-8-9/h9-10,12H,2-8H2,1H3. The van der Waals surface area contributed by atoms with Crippen molar-refractivity contribution in [3.63, 3.8) is 0 Å². The first-order valence-electron chi connectivity index (χ1n) is 6.19. The van der Waals surface area contributed by atoms with Crippen molar-refractivity contribution in [1.82, 2.24) is 0 Å². The first-order valence-corrected chi connectivity index (χ1v) is 7.35. The van der Waals surface area contributed by atoms with Crippen molar-refractivity contribution in [3.8, 4) is 0 Å². The zero-order valence-corrected chi connectivity index (χ0v) is 11.0. The van der Waals surface area contributed by atoms with Gasteiger partial charge in [0.15, 0.2) is 6.29 Å². The first kappa shape index (κ1) is 13.2. The van der Waals surface area contributed by atoms with Crippen molar-refractivity contribution < 1.29 is 19.0 Å². The van der Waals surface area contributed by atoms with E-state index in [0.717, 1.165) is 6.42 Å². The molecule has 0 amide bonds. The fraction of sp³-hybridized carbons (Fsp3) is 0.917. The minimum Gasteiger partial charge on any atom is -0.469 e. The van der Waals surface area contributed by atoms with Crippen LogP contribution in [0.4, 0.5) is 0 Å². The number of hydrogen-bond donors (Lipinski definition) is 0. The van der Waals surface area contributed by atoms with Gasteiger partial charge in [0.1, 0.15) is 0 Å². The fourth-order valence-electron chi connectivity index (χ4n) is 2.27. The molecule has 5 heteroatoms. The van der Waals surface area contributed by atoms with E-state index in [1.54, 1.807) is 0 Å². The van der Waals surface area contributed by atoms with Crippen LogP contribution in [0.2, 0.25) is 0 Å². The Hall–Kier alpha value is -0.260. The summed E-state index contributed by atoms with van der Waals surface area (Å²) in [6.45, 7) is 0.514. The number of rotatable bonds is 4. The normalized spacial score (nSPS) is 33.6. The molecular formula is C12H20O4S. The molecule has 2 aliphatic rings. The molecule has 0 spiro atoms. The van der Waals surface area contributed by atoms with Crippen LogP contribution in [0.15, 0.2) is 0 Å². The zero-order chi connectivity index (χ0) is 12.1. The smallest absolute Gasteiger partial charge is 0.308 e. The van der Waals surface area contributed by atoms with Crippen LogP contribution in [0, 0.1) is 5.92 Å². The van der Waals surface area contributed by atoms with Gasteiger partial charge in [-0.05, 0) is 30.3 Å². The van der Waals surface area contributed by atoms with Crippen LogP contribution in [0.1, 0.15) is 25.7 Å². The van der Waals surface area contributed by atoms with E-state index in [9.17, 15) is 4.79 Å². The summed E-state index contributed by atoms with van der Waals surface area (Å²) in [6.07, 6.45) is 3.60. The van der Waals surface area contributed by atoms with Gasteiger partial charge >= 0.3 is 5.97 Å². The molecule has 2 fully saturated rings.